The summed E-state index contributed by atoms with van der Waals surface area (Å²) in [6.07, 6.45) is 0. The molecule has 0 radical (unpaired) electrons. The van der Waals surface area contributed by atoms with Crippen LogP contribution in [0.5, 0.6) is 11.5 Å². The van der Waals surface area contributed by atoms with E-state index in [1.165, 1.54) is 38.5 Å². The predicted molar refractivity (Wildman–Crippen MR) is 130 cm³/mol. The Morgan fingerprint density at radius 2 is 1.62 bits per heavy atom. The molecule has 0 spiro atoms. The Hall–Kier alpha value is -4.33. The summed E-state index contributed by atoms with van der Waals surface area (Å²) in [6, 6.07) is 17.6. The zero-order valence-corrected chi connectivity index (χ0v) is 19.3. The van der Waals surface area contributed by atoms with Gasteiger partial charge < -0.3 is 19.7 Å². The van der Waals surface area contributed by atoms with E-state index in [0.29, 0.717) is 28.4 Å². The molecule has 0 saturated heterocycles. The Labute approximate surface area is 197 Å². The van der Waals surface area contributed by atoms with Crippen LogP contribution in [0.4, 0.5) is 21.5 Å². The van der Waals surface area contributed by atoms with E-state index < -0.39 is 17.6 Å². The first-order chi connectivity index (χ1) is 16.3. The second-order valence-corrected chi connectivity index (χ2v) is 7.81. The molecule has 0 atom stereocenters. The van der Waals surface area contributed by atoms with Gasteiger partial charge in [-0.05, 0) is 48.0 Å². The van der Waals surface area contributed by atoms with E-state index in [-0.39, 0.29) is 11.3 Å². The predicted octanol–water partition coefficient (Wildman–Crippen LogP) is 4.31. The number of nitrogens with zero attached hydrogens (tertiary/aromatic N) is 2. The monoisotopic (exact) mass is 461 g/mol. The van der Waals surface area contributed by atoms with Crippen molar-refractivity contribution in [2.75, 3.05) is 43.4 Å². The van der Waals surface area contributed by atoms with Crippen LogP contribution in [0, 0.1) is 5.82 Å². The van der Waals surface area contributed by atoms with Crippen molar-refractivity contribution in [3.05, 3.63) is 83.8 Å². The van der Waals surface area contributed by atoms with Gasteiger partial charge in [-0.25, -0.2) is 9.29 Å². The van der Waals surface area contributed by atoms with Gasteiger partial charge in [0, 0.05) is 25.8 Å². The van der Waals surface area contributed by atoms with Gasteiger partial charge in [-0.3, -0.25) is 9.59 Å². The number of benzene rings is 3. The lowest BCUT2D eigenvalue weighted by Crippen LogP contribution is -2.32. The molecule has 0 aromatic heterocycles. The number of ether oxygens (including phenoxy) is 2. The zero-order chi connectivity index (χ0) is 24.4. The number of carbonyl (C=O) groups is 2. The van der Waals surface area contributed by atoms with Crippen LogP contribution in [0.2, 0.25) is 0 Å². The summed E-state index contributed by atoms with van der Waals surface area (Å²) in [5, 5.41) is 3.08. The van der Waals surface area contributed by atoms with Crippen molar-refractivity contribution in [3.63, 3.8) is 0 Å². The van der Waals surface area contributed by atoms with Gasteiger partial charge in [-0.15, -0.1) is 0 Å². The molecule has 3 aromatic rings. The summed E-state index contributed by atoms with van der Waals surface area (Å²) in [4.78, 5) is 30.2. The third-order valence-electron chi connectivity index (χ3n) is 5.49. The standard InChI is InChI=1S/C26H24FN3O4/c1-29(2)18-6-5-7-19(14-18)30-25(31)23(16-8-10-17(27)11-9-16)24(26(30)32)28-21-13-12-20(33-3)15-22(21)34-4/h5-15,28H,1-4H3. The van der Waals surface area contributed by atoms with Gasteiger partial charge in [-0.1, -0.05) is 18.2 Å². The average Bonchev–Trinajstić information content (AvgIpc) is 3.09. The first kappa shape index (κ1) is 22.8. The molecule has 1 heterocycles. The van der Waals surface area contributed by atoms with Crippen molar-refractivity contribution < 1.29 is 23.5 Å². The van der Waals surface area contributed by atoms with Gasteiger partial charge in [0.25, 0.3) is 11.8 Å². The molecule has 8 heteroatoms. The van der Waals surface area contributed by atoms with Gasteiger partial charge in [0.2, 0.25) is 0 Å². The number of amides is 2. The highest BCUT2D eigenvalue weighted by molar-refractivity contribution is 6.46. The molecule has 2 amide bonds. The van der Waals surface area contributed by atoms with Gasteiger partial charge in [0.1, 0.15) is 23.0 Å². The summed E-state index contributed by atoms with van der Waals surface area (Å²) in [6.45, 7) is 0. The summed E-state index contributed by atoms with van der Waals surface area (Å²) < 4.78 is 24.3. The Kier molecular flexibility index (Phi) is 6.23. The molecule has 1 aliphatic rings. The van der Waals surface area contributed by atoms with E-state index >= 15 is 0 Å². The van der Waals surface area contributed by atoms with Gasteiger partial charge in [0.05, 0.1) is 31.2 Å². The van der Waals surface area contributed by atoms with Crippen LogP contribution in [0.25, 0.3) is 5.57 Å². The summed E-state index contributed by atoms with van der Waals surface area (Å²) in [5.74, 6) is -0.478. The van der Waals surface area contributed by atoms with Crippen LogP contribution < -0.4 is 24.6 Å². The molecule has 174 valence electrons. The highest BCUT2D eigenvalue weighted by Crippen LogP contribution is 2.37. The fraction of sp³-hybridized carbons (Fsp3) is 0.154. The minimum absolute atomic E-state index is 0.0651. The second-order valence-electron chi connectivity index (χ2n) is 7.81. The summed E-state index contributed by atoms with van der Waals surface area (Å²) >= 11 is 0. The van der Waals surface area contributed by atoms with Crippen LogP contribution >= 0.6 is 0 Å². The highest BCUT2D eigenvalue weighted by Gasteiger charge is 2.40. The number of carbonyl (C=O) groups excluding carboxylic acids is 2. The molecular weight excluding hydrogens is 437 g/mol. The maximum atomic E-state index is 13.6. The number of anilines is 3. The van der Waals surface area contributed by atoms with Crippen LogP contribution in [0.3, 0.4) is 0 Å². The molecule has 0 aliphatic carbocycles. The number of hydrogen-bond donors (Lipinski definition) is 1. The Bertz CT molecular complexity index is 1290. The maximum Gasteiger partial charge on any atom is 0.282 e. The largest absolute Gasteiger partial charge is 0.497 e. The fourth-order valence-corrected chi connectivity index (χ4v) is 3.71. The summed E-state index contributed by atoms with van der Waals surface area (Å²) in [5.41, 5.74) is 2.36. The first-order valence-electron chi connectivity index (χ1n) is 10.5. The van der Waals surface area contributed by atoms with Crippen LogP contribution in [0.15, 0.2) is 72.4 Å². The van der Waals surface area contributed by atoms with Crippen LogP contribution in [0.1, 0.15) is 5.56 Å². The van der Waals surface area contributed by atoms with Gasteiger partial charge >= 0.3 is 0 Å². The normalized spacial score (nSPS) is 13.4. The van der Waals surface area contributed by atoms with Crippen molar-refractivity contribution in [2.24, 2.45) is 0 Å². The number of imide groups is 1. The van der Waals surface area contributed by atoms with Crippen LogP contribution in [-0.2, 0) is 9.59 Å². The minimum atomic E-state index is -0.530. The Morgan fingerprint density at radius 3 is 2.26 bits per heavy atom. The lowest BCUT2D eigenvalue weighted by Gasteiger charge is -2.19. The number of hydrogen-bond acceptors (Lipinski definition) is 6. The lowest BCUT2D eigenvalue weighted by atomic mass is 10.0. The molecular formula is C26H24FN3O4. The van der Waals surface area contributed by atoms with Crippen molar-refractivity contribution in [3.8, 4) is 11.5 Å². The minimum Gasteiger partial charge on any atom is -0.497 e. The topological polar surface area (TPSA) is 71.1 Å². The molecule has 1 N–H and O–H groups in total. The number of nitrogens with one attached hydrogen (secondary N) is 1. The first-order valence-corrected chi connectivity index (χ1v) is 10.5. The van der Waals surface area contributed by atoms with Gasteiger partial charge in [-0.2, -0.15) is 0 Å². The molecule has 0 saturated carbocycles. The van der Waals surface area contributed by atoms with E-state index in [4.69, 9.17) is 9.47 Å². The molecule has 1 aliphatic heterocycles. The number of rotatable bonds is 7. The van der Waals surface area contributed by atoms with Crippen molar-refractivity contribution in [1.29, 1.82) is 0 Å². The molecule has 7 nitrogen and oxygen atoms in total. The molecule has 4 rings (SSSR count). The smallest absolute Gasteiger partial charge is 0.282 e. The Morgan fingerprint density at radius 1 is 0.882 bits per heavy atom. The fourth-order valence-electron chi connectivity index (χ4n) is 3.71. The van der Waals surface area contributed by atoms with Gasteiger partial charge in [0.15, 0.2) is 0 Å². The highest BCUT2D eigenvalue weighted by atomic mass is 19.1. The molecule has 0 unspecified atom stereocenters. The van der Waals surface area contributed by atoms with E-state index in [0.717, 1.165) is 10.6 Å². The average molecular weight is 461 g/mol. The van der Waals surface area contributed by atoms with Crippen molar-refractivity contribution in [2.45, 2.75) is 0 Å². The van der Waals surface area contributed by atoms with E-state index in [1.54, 1.807) is 36.4 Å². The third kappa shape index (κ3) is 4.17. The molecule has 0 bridgehead atoms. The van der Waals surface area contributed by atoms with E-state index in [2.05, 4.69) is 5.32 Å². The number of halogens is 1. The van der Waals surface area contributed by atoms with Crippen molar-refractivity contribution in [1.82, 2.24) is 0 Å². The van der Waals surface area contributed by atoms with E-state index in [9.17, 15) is 14.0 Å². The lowest BCUT2D eigenvalue weighted by molar-refractivity contribution is -0.120. The maximum absolute atomic E-state index is 13.6. The third-order valence-corrected chi connectivity index (χ3v) is 5.49. The van der Waals surface area contributed by atoms with Crippen molar-refractivity contribution >= 4 is 34.4 Å². The Balaban J connectivity index is 1.83. The quantitative estimate of drug-likeness (QED) is 0.529. The van der Waals surface area contributed by atoms with E-state index in [1.807, 2.05) is 25.1 Å². The summed E-state index contributed by atoms with van der Waals surface area (Å²) in [7, 11) is 6.78. The molecule has 3 aromatic carbocycles. The molecule has 0 fully saturated rings. The zero-order valence-electron chi connectivity index (χ0n) is 19.3. The second kappa shape index (κ2) is 9.27. The SMILES string of the molecule is COc1ccc(NC2=C(c3ccc(F)cc3)C(=O)N(c3cccc(N(C)C)c3)C2=O)c(OC)c1. The molecule has 34 heavy (non-hydrogen) atoms. The number of methoxy groups -OCH3 is 2. The van der Waals surface area contributed by atoms with Crippen LogP contribution in [-0.4, -0.2) is 40.1 Å².